The summed E-state index contributed by atoms with van der Waals surface area (Å²) in [7, 11) is 1.56. The number of nitrogens with two attached hydrogens (primary N) is 1. The fourth-order valence-electron chi connectivity index (χ4n) is 1.63. The Labute approximate surface area is 118 Å². The van der Waals surface area contributed by atoms with E-state index in [-0.39, 0.29) is 18.4 Å². The lowest BCUT2D eigenvalue weighted by Crippen LogP contribution is -2.38. The summed E-state index contributed by atoms with van der Waals surface area (Å²) in [5, 5.41) is 5.19. The predicted octanol–water partition coefficient (Wildman–Crippen LogP) is 0.0802. The van der Waals surface area contributed by atoms with Crippen molar-refractivity contribution in [3.05, 3.63) is 29.8 Å². The summed E-state index contributed by atoms with van der Waals surface area (Å²) in [5.74, 6) is -0.398. The van der Waals surface area contributed by atoms with Crippen molar-refractivity contribution >= 4 is 17.5 Å². The molecule has 0 fully saturated rings. The molecule has 0 bridgehead atoms. The number of carbonyl (C=O) groups excluding carboxylic acids is 2. The summed E-state index contributed by atoms with van der Waals surface area (Å²) in [4.78, 5) is 23.0. The van der Waals surface area contributed by atoms with Gasteiger partial charge < -0.3 is 21.1 Å². The SMILES string of the molecule is COCCNC(=O)CNC(=O)CCc1ccccc1N. The minimum Gasteiger partial charge on any atom is -0.399 e. The fourth-order valence-corrected chi connectivity index (χ4v) is 1.63. The maximum absolute atomic E-state index is 11.6. The first kappa shape index (κ1) is 16.0. The smallest absolute Gasteiger partial charge is 0.239 e. The topological polar surface area (TPSA) is 93.5 Å². The quantitative estimate of drug-likeness (QED) is 0.464. The van der Waals surface area contributed by atoms with Gasteiger partial charge in [0.05, 0.1) is 13.2 Å². The Kier molecular flexibility index (Phi) is 7.13. The van der Waals surface area contributed by atoms with Crippen LogP contribution < -0.4 is 16.4 Å². The lowest BCUT2D eigenvalue weighted by molar-refractivity contribution is -0.126. The van der Waals surface area contributed by atoms with Gasteiger partial charge in [0, 0.05) is 25.8 Å². The predicted molar refractivity (Wildman–Crippen MR) is 77.1 cm³/mol. The molecule has 0 heterocycles. The molecule has 4 N–H and O–H groups in total. The highest BCUT2D eigenvalue weighted by molar-refractivity contribution is 5.84. The Morgan fingerprint density at radius 1 is 1.20 bits per heavy atom. The van der Waals surface area contributed by atoms with E-state index in [0.29, 0.717) is 31.7 Å². The van der Waals surface area contributed by atoms with Crippen molar-refractivity contribution < 1.29 is 14.3 Å². The van der Waals surface area contributed by atoms with Gasteiger partial charge in [0.15, 0.2) is 0 Å². The zero-order valence-corrected chi connectivity index (χ0v) is 11.6. The van der Waals surface area contributed by atoms with Crippen LogP contribution in [0.1, 0.15) is 12.0 Å². The molecule has 0 saturated heterocycles. The molecule has 0 aromatic heterocycles. The average Bonchev–Trinajstić information content (AvgIpc) is 2.44. The van der Waals surface area contributed by atoms with Crippen molar-refractivity contribution in [1.82, 2.24) is 10.6 Å². The first-order valence-electron chi connectivity index (χ1n) is 6.49. The Balaban J connectivity index is 2.21. The molecule has 6 heteroatoms. The number of rotatable bonds is 8. The van der Waals surface area contributed by atoms with Gasteiger partial charge in [-0.3, -0.25) is 9.59 Å². The molecule has 0 aliphatic rings. The monoisotopic (exact) mass is 279 g/mol. The summed E-state index contributed by atoms with van der Waals surface area (Å²) in [6.07, 6.45) is 0.864. The first-order chi connectivity index (χ1) is 9.63. The van der Waals surface area contributed by atoms with E-state index in [9.17, 15) is 9.59 Å². The molecule has 6 nitrogen and oxygen atoms in total. The largest absolute Gasteiger partial charge is 0.399 e. The lowest BCUT2D eigenvalue weighted by Gasteiger charge is -2.07. The maximum atomic E-state index is 11.6. The maximum Gasteiger partial charge on any atom is 0.239 e. The van der Waals surface area contributed by atoms with Crippen LogP contribution in [-0.2, 0) is 20.7 Å². The molecule has 1 rings (SSSR count). The molecule has 1 aromatic carbocycles. The molecule has 0 aliphatic carbocycles. The number of amides is 2. The van der Waals surface area contributed by atoms with Crippen LogP contribution in [-0.4, -0.2) is 38.6 Å². The van der Waals surface area contributed by atoms with E-state index < -0.39 is 0 Å². The highest BCUT2D eigenvalue weighted by Gasteiger charge is 2.06. The van der Waals surface area contributed by atoms with Gasteiger partial charge in [0.25, 0.3) is 0 Å². The standard InChI is InChI=1S/C14H21N3O3/c1-20-9-8-16-14(19)10-17-13(18)7-6-11-4-2-3-5-12(11)15/h2-5H,6-10,15H2,1H3,(H,16,19)(H,17,18). The van der Waals surface area contributed by atoms with Gasteiger partial charge in [-0.25, -0.2) is 0 Å². The molecule has 0 atom stereocenters. The molecular weight excluding hydrogens is 258 g/mol. The number of aryl methyl sites for hydroxylation is 1. The van der Waals surface area contributed by atoms with Crippen molar-refractivity contribution in [2.45, 2.75) is 12.8 Å². The second kappa shape index (κ2) is 8.92. The van der Waals surface area contributed by atoms with E-state index in [2.05, 4.69) is 10.6 Å². The normalized spacial score (nSPS) is 10.1. The molecule has 0 aliphatic heterocycles. The minimum absolute atomic E-state index is 0.0210. The first-order valence-corrected chi connectivity index (χ1v) is 6.49. The third-order valence-corrected chi connectivity index (χ3v) is 2.75. The van der Waals surface area contributed by atoms with Crippen molar-refractivity contribution in [2.24, 2.45) is 0 Å². The molecule has 0 spiro atoms. The molecule has 0 saturated carbocycles. The summed E-state index contributed by atoms with van der Waals surface area (Å²) >= 11 is 0. The highest BCUT2D eigenvalue weighted by atomic mass is 16.5. The number of nitrogen functional groups attached to an aromatic ring is 1. The van der Waals surface area contributed by atoms with Crippen LogP contribution in [0, 0.1) is 0 Å². The third-order valence-electron chi connectivity index (χ3n) is 2.75. The number of carbonyl (C=O) groups is 2. The van der Waals surface area contributed by atoms with Crippen molar-refractivity contribution in [3.63, 3.8) is 0 Å². The second-order valence-corrected chi connectivity index (χ2v) is 4.32. The Bertz CT molecular complexity index is 449. The van der Waals surface area contributed by atoms with Crippen LogP contribution in [0.5, 0.6) is 0 Å². The number of ether oxygens (including phenoxy) is 1. The summed E-state index contributed by atoms with van der Waals surface area (Å²) in [6.45, 7) is 0.867. The average molecular weight is 279 g/mol. The zero-order chi connectivity index (χ0) is 14.8. The molecule has 2 amide bonds. The number of methoxy groups -OCH3 is 1. The van der Waals surface area contributed by atoms with Crippen LogP contribution in [0.2, 0.25) is 0 Å². The van der Waals surface area contributed by atoms with E-state index >= 15 is 0 Å². The van der Waals surface area contributed by atoms with E-state index in [0.717, 1.165) is 5.56 Å². The molecule has 20 heavy (non-hydrogen) atoms. The van der Waals surface area contributed by atoms with Crippen molar-refractivity contribution in [2.75, 3.05) is 32.5 Å². The van der Waals surface area contributed by atoms with Gasteiger partial charge in [-0.1, -0.05) is 18.2 Å². The van der Waals surface area contributed by atoms with Crippen molar-refractivity contribution in [1.29, 1.82) is 0 Å². The molecule has 0 radical (unpaired) electrons. The summed E-state index contributed by atoms with van der Waals surface area (Å²) < 4.78 is 4.80. The summed E-state index contributed by atoms with van der Waals surface area (Å²) in [6, 6.07) is 7.42. The van der Waals surface area contributed by atoms with Gasteiger partial charge >= 0.3 is 0 Å². The van der Waals surface area contributed by atoms with E-state index in [1.165, 1.54) is 0 Å². The number of hydrogen-bond acceptors (Lipinski definition) is 4. The fraction of sp³-hybridized carbons (Fsp3) is 0.429. The second-order valence-electron chi connectivity index (χ2n) is 4.32. The van der Waals surface area contributed by atoms with Gasteiger partial charge in [-0.2, -0.15) is 0 Å². The van der Waals surface area contributed by atoms with E-state index in [4.69, 9.17) is 10.5 Å². The van der Waals surface area contributed by atoms with Gasteiger partial charge in [0.2, 0.25) is 11.8 Å². The minimum atomic E-state index is -0.227. The Morgan fingerprint density at radius 3 is 2.65 bits per heavy atom. The van der Waals surface area contributed by atoms with Gasteiger partial charge in [-0.05, 0) is 18.1 Å². The number of hydrogen-bond donors (Lipinski definition) is 3. The van der Waals surface area contributed by atoms with Crippen LogP contribution in [0.4, 0.5) is 5.69 Å². The Hall–Kier alpha value is -2.08. The Morgan fingerprint density at radius 2 is 1.95 bits per heavy atom. The van der Waals surface area contributed by atoms with Crippen LogP contribution >= 0.6 is 0 Å². The summed E-state index contributed by atoms with van der Waals surface area (Å²) in [5.41, 5.74) is 7.40. The number of benzene rings is 1. The van der Waals surface area contributed by atoms with E-state index in [1.807, 2.05) is 18.2 Å². The molecular formula is C14H21N3O3. The zero-order valence-electron chi connectivity index (χ0n) is 11.6. The van der Waals surface area contributed by atoms with Crippen LogP contribution in [0.3, 0.4) is 0 Å². The molecule has 110 valence electrons. The number of para-hydroxylation sites is 1. The van der Waals surface area contributed by atoms with Crippen molar-refractivity contribution in [3.8, 4) is 0 Å². The molecule has 1 aromatic rings. The van der Waals surface area contributed by atoms with E-state index in [1.54, 1.807) is 13.2 Å². The lowest BCUT2D eigenvalue weighted by atomic mass is 10.1. The number of nitrogens with one attached hydrogen (secondary N) is 2. The number of anilines is 1. The van der Waals surface area contributed by atoms with Crippen LogP contribution in [0.15, 0.2) is 24.3 Å². The van der Waals surface area contributed by atoms with Crippen LogP contribution in [0.25, 0.3) is 0 Å². The van der Waals surface area contributed by atoms with Gasteiger partial charge in [-0.15, -0.1) is 0 Å². The highest BCUT2D eigenvalue weighted by Crippen LogP contribution is 2.12. The third kappa shape index (κ3) is 6.19. The van der Waals surface area contributed by atoms with Gasteiger partial charge in [0.1, 0.15) is 0 Å². The molecule has 0 unspecified atom stereocenters.